The molecule has 4 N–H and O–H groups in total. The van der Waals surface area contributed by atoms with E-state index >= 15 is 0 Å². The van der Waals surface area contributed by atoms with Gasteiger partial charge in [-0.15, -0.1) is 0 Å². The molecule has 0 radical (unpaired) electrons. The Morgan fingerprint density at radius 3 is 2.57 bits per heavy atom. The van der Waals surface area contributed by atoms with Crippen LogP contribution in [0.1, 0.15) is 30.9 Å². The van der Waals surface area contributed by atoms with Crippen LogP contribution in [0.15, 0.2) is 18.2 Å². The van der Waals surface area contributed by atoms with Crippen molar-refractivity contribution in [2.45, 2.75) is 25.3 Å². The Morgan fingerprint density at radius 1 is 1.29 bits per heavy atom. The third-order valence-corrected chi connectivity index (χ3v) is 3.06. The summed E-state index contributed by atoms with van der Waals surface area (Å²) in [4.78, 5) is 0. The average molecular weight is 193 g/mol. The molecule has 76 valence electrons. The number of aromatic hydroxyl groups is 2. The van der Waals surface area contributed by atoms with Crippen molar-refractivity contribution >= 4 is 0 Å². The Labute approximate surface area is 83.2 Å². The molecule has 0 bridgehead atoms. The largest absolute Gasteiger partial charge is 0.504 e. The molecule has 0 spiro atoms. The third-order valence-electron chi connectivity index (χ3n) is 3.06. The molecule has 0 amide bonds. The number of phenols is 2. The summed E-state index contributed by atoms with van der Waals surface area (Å²) >= 11 is 0. The number of para-hydroxylation sites is 1. The van der Waals surface area contributed by atoms with Crippen LogP contribution in [0.2, 0.25) is 0 Å². The van der Waals surface area contributed by atoms with Gasteiger partial charge in [-0.25, -0.2) is 0 Å². The van der Waals surface area contributed by atoms with Crippen LogP contribution >= 0.6 is 0 Å². The van der Waals surface area contributed by atoms with Crippen LogP contribution in [0.25, 0.3) is 0 Å². The summed E-state index contributed by atoms with van der Waals surface area (Å²) in [6, 6.07) is 4.81. The van der Waals surface area contributed by atoms with E-state index in [4.69, 9.17) is 5.73 Å². The van der Waals surface area contributed by atoms with E-state index in [9.17, 15) is 10.2 Å². The minimum atomic E-state index is -0.143. The van der Waals surface area contributed by atoms with E-state index in [2.05, 4.69) is 0 Å². The standard InChI is InChI=1S/C11H15NO2/c12-10(7-3-1-4-7)8-5-2-6-9(13)11(8)14/h2,5-7,10,13-14H,1,3-4,12H2/t10-/m0/s1. The van der Waals surface area contributed by atoms with Crippen molar-refractivity contribution in [1.82, 2.24) is 0 Å². The molecule has 1 aliphatic rings. The van der Waals surface area contributed by atoms with Crippen molar-refractivity contribution in [1.29, 1.82) is 0 Å². The van der Waals surface area contributed by atoms with Gasteiger partial charge in [0.05, 0.1) is 0 Å². The van der Waals surface area contributed by atoms with Crippen LogP contribution < -0.4 is 5.73 Å². The Bertz CT molecular complexity index is 334. The second-order valence-corrected chi connectivity index (χ2v) is 3.93. The molecule has 3 heteroatoms. The van der Waals surface area contributed by atoms with E-state index in [-0.39, 0.29) is 17.5 Å². The van der Waals surface area contributed by atoms with Gasteiger partial charge in [0.25, 0.3) is 0 Å². The minimum absolute atomic E-state index is 0.0631. The maximum atomic E-state index is 9.61. The lowest BCUT2D eigenvalue weighted by Crippen LogP contribution is -2.26. The van der Waals surface area contributed by atoms with Gasteiger partial charge < -0.3 is 15.9 Å². The lowest BCUT2D eigenvalue weighted by Gasteiger charge is -2.31. The predicted molar refractivity (Wildman–Crippen MR) is 54.0 cm³/mol. The van der Waals surface area contributed by atoms with Crippen LogP contribution in [0.5, 0.6) is 11.5 Å². The molecule has 1 aromatic carbocycles. The fourth-order valence-corrected chi connectivity index (χ4v) is 1.87. The summed E-state index contributed by atoms with van der Waals surface area (Å²) < 4.78 is 0. The molecule has 2 rings (SSSR count). The van der Waals surface area contributed by atoms with Crippen LogP contribution in [0.3, 0.4) is 0 Å². The second-order valence-electron chi connectivity index (χ2n) is 3.93. The fourth-order valence-electron chi connectivity index (χ4n) is 1.87. The smallest absolute Gasteiger partial charge is 0.162 e. The van der Waals surface area contributed by atoms with Gasteiger partial charge in [-0.2, -0.15) is 0 Å². The van der Waals surface area contributed by atoms with E-state index in [0.717, 1.165) is 12.8 Å². The van der Waals surface area contributed by atoms with Gasteiger partial charge in [0, 0.05) is 11.6 Å². The number of hydrogen-bond donors (Lipinski definition) is 3. The number of hydrogen-bond acceptors (Lipinski definition) is 3. The third kappa shape index (κ3) is 1.44. The Morgan fingerprint density at radius 2 is 2.00 bits per heavy atom. The molecule has 1 fully saturated rings. The molecule has 0 heterocycles. The molecule has 1 aromatic rings. The first kappa shape index (κ1) is 9.34. The second kappa shape index (κ2) is 3.50. The van der Waals surface area contributed by atoms with E-state index in [1.165, 1.54) is 12.5 Å². The molecule has 1 atom stereocenters. The summed E-state index contributed by atoms with van der Waals surface area (Å²) in [6.07, 6.45) is 3.46. The summed E-state index contributed by atoms with van der Waals surface area (Å²) in [7, 11) is 0. The number of phenolic OH excluding ortho intramolecular Hbond substituents is 2. The van der Waals surface area contributed by atoms with Crippen LogP contribution in [-0.2, 0) is 0 Å². The van der Waals surface area contributed by atoms with Gasteiger partial charge >= 0.3 is 0 Å². The maximum Gasteiger partial charge on any atom is 0.162 e. The van der Waals surface area contributed by atoms with Gasteiger partial charge in [0.15, 0.2) is 11.5 Å². The Hall–Kier alpha value is -1.22. The van der Waals surface area contributed by atoms with E-state index in [1.54, 1.807) is 12.1 Å². The van der Waals surface area contributed by atoms with E-state index < -0.39 is 0 Å². The molecular weight excluding hydrogens is 178 g/mol. The predicted octanol–water partition coefficient (Wildman–Crippen LogP) is 1.90. The zero-order valence-electron chi connectivity index (χ0n) is 7.98. The number of benzene rings is 1. The van der Waals surface area contributed by atoms with E-state index in [1.807, 2.05) is 0 Å². The quantitative estimate of drug-likeness (QED) is 0.628. The summed E-state index contributed by atoms with van der Waals surface area (Å²) in [5.41, 5.74) is 6.66. The molecule has 3 nitrogen and oxygen atoms in total. The summed E-state index contributed by atoms with van der Waals surface area (Å²) in [5, 5.41) is 18.9. The van der Waals surface area contributed by atoms with Gasteiger partial charge in [0.1, 0.15) is 0 Å². The lowest BCUT2D eigenvalue weighted by atomic mass is 9.77. The summed E-state index contributed by atoms with van der Waals surface area (Å²) in [5.74, 6) is 0.312. The lowest BCUT2D eigenvalue weighted by molar-refractivity contribution is 0.259. The normalized spacial score (nSPS) is 18.9. The molecule has 1 saturated carbocycles. The Balaban J connectivity index is 2.26. The fraction of sp³-hybridized carbons (Fsp3) is 0.455. The molecule has 0 aromatic heterocycles. The zero-order valence-corrected chi connectivity index (χ0v) is 7.98. The molecule has 0 saturated heterocycles. The SMILES string of the molecule is N[C@H](c1cccc(O)c1O)C1CCC1. The van der Waals surface area contributed by atoms with Crippen LogP contribution in [0, 0.1) is 5.92 Å². The minimum Gasteiger partial charge on any atom is -0.504 e. The maximum absolute atomic E-state index is 9.61. The number of nitrogens with two attached hydrogens (primary N) is 1. The molecule has 1 aliphatic carbocycles. The highest BCUT2D eigenvalue weighted by atomic mass is 16.3. The first-order valence-corrected chi connectivity index (χ1v) is 4.96. The molecular formula is C11H15NO2. The topological polar surface area (TPSA) is 66.5 Å². The monoisotopic (exact) mass is 193 g/mol. The Kier molecular flexibility index (Phi) is 2.33. The molecule has 14 heavy (non-hydrogen) atoms. The first-order valence-electron chi connectivity index (χ1n) is 4.96. The summed E-state index contributed by atoms with van der Waals surface area (Å²) in [6.45, 7) is 0. The molecule has 0 unspecified atom stereocenters. The van der Waals surface area contributed by atoms with E-state index in [0.29, 0.717) is 11.5 Å². The van der Waals surface area contributed by atoms with Gasteiger partial charge in [-0.05, 0) is 24.8 Å². The van der Waals surface area contributed by atoms with Gasteiger partial charge in [-0.1, -0.05) is 18.6 Å². The van der Waals surface area contributed by atoms with Crippen molar-refractivity contribution in [3.8, 4) is 11.5 Å². The highest BCUT2D eigenvalue weighted by molar-refractivity contribution is 5.46. The van der Waals surface area contributed by atoms with Gasteiger partial charge in [-0.3, -0.25) is 0 Å². The van der Waals surface area contributed by atoms with Crippen molar-refractivity contribution in [3.63, 3.8) is 0 Å². The zero-order chi connectivity index (χ0) is 10.1. The first-order chi connectivity index (χ1) is 6.70. The van der Waals surface area contributed by atoms with Crippen molar-refractivity contribution in [2.24, 2.45) is 11.7 Å². The average Bonchev–Trinajstić information content (AvgIpc) is 2.06. The van der Waals surface area contributed by atoms with Crippen molar-refractivity contribution in [3.05, 3.63) is 23.8 Å². The van der Waals surface area contributed by atoms with Crippen LogP contribution in [0.4, 0.5) is 0 Å². The van der Waals surface area contributed by atoms with Gasteiger partial charge in [0.2, 0.25) is 0 Å². The highest BCUT2D eigenvalue weighted by Crippen LogP contribution is 2.41. The molecule has 0 aliphatic heterocycles. The van der Waals surface area contributed by atoms with Crippen LogP contribution in [-0.4, -0.2) is 10.2 Å². The number of rotatable bonds is 2. The van der Waals surface area contributed by atoms with Crippen molar-refractivity contribution < 1.29 is 10.2 Å². The highest BCUT2D eigenvalue weighted by Gasteiger charge is 2.27. The van der Waals surface area contributed by atoms with Crippen molar-refractivity contribution in [2.75, 3.05) is 0 Å².